The van der Waals surface area contributed by atoms with Gasteiger partial charge in [-0.1, -0.05) is 12.1 Å². The largest absolute Gasteiger partial charge is 0.465 e. The summed E-state index contributed by atoms with van der Waals surface area (Å²) in [6.45, 7) is 6.87. The zero-order valence-corrected chi connectivity index (χ0v) is 13.6. The first-order valence-corrected chi connectivity index (χ1v) is 7.61. The molecule has 0 aliphatic heterocycles. The molecule has 0 bridgehead atoms. The molecule has 0 saturated heterocycles. The second kappa shape index (κ2) is 7.26. The molecule has 1 aromatic heterocycles. The molecule has 0 aliphatic carbocycles. The molecule has 21 heavy (non-hydrogen) atoms. The van der Waals surface area contributed by atoms with E-state index in [1.54, 1.807) is 45.2 Å². The number of nitrogens with zero attached hydrogens (tertiary/aromatic N) is 1. The third-order valence-electron chi connectivity index (χ3n) is 2.94. The van der Waals surface area contributed by atoms with Crippen molar-refractivity contribution in [2.45, 2.75) is 45.7 Å². The Labute approximate surface area is 129 Å². The maximum atomic E-state index is 12.0. The number of amides is 2. The zero-order valence-electron chi connectivity index (χ0n) is 12.8. The van der Waals surface area contributed by atoms with Gasteiger partial charge in [0, 0.05) is 23.0 Å². The molecule has 0 fully saturated rings. The van der Waals surface area contributed by atoms with Crippen LogP contribution < -0.4 is 5.32 Å². The van der Waals surface area contributed by atoms with Gasteiger partial charge in [0.15, 0.2) is 0 Å². The number of carboxylic acid groups (broad SMARTS) is 1. The van der Waals surface area contributed by atoms with Crippen LogP contribution in [0.5, 0.6) is 0 Å². The van der Waals surface area contributed by atoms with Gasteiger partial charge in [-0.25, -0.2) is 4.79 Å². The molecular weight excluding hydrogens is 288 g/mol. The summed E-state index contributed by atoms with van der Waals surface area (Å²) in [6, 6.07) is 3.24. The van der Waals surface area contributed by atoms with E-state index in [1.165, 1.54) is 4.88 Å². The van der Waals surface area contributed by atoms with Gasteiger partial charge in [0.2, 0.25) is 5.91 Å². The van der Waals surface area contributed by atoms with Crippen LogP contribution in [0.15, 0.2) is 29.8 Å². The topological polar surface area (TPSA) is 69.6 Å². The molecule has 0 radical (unpaired) electrons. The third-order valence-corrected chi connectivity index (χ3v) is 3.84. The van der Waals surface area contributed by atoms with Gasteiger partial charge < -0.3 is 10.4 Å². The first-order valence-electron chi connectivity index (χ1n) is 6.73. The summed E-state index contributed by atoms with van der Waals surface area (Å²) in [5.74, 6) is -0.338. The number of nitrogens with one attached hydrogen (secondary N) is 1. The molecule has 1 atom stereocenters. The van der Waals surface area contributed by atoms with Crippen molar-refractivity contribution in [2.75, 3.05) is 0 Å². The monoisotopic (exact) mass is 310 g/mol. The minimum atomic E-state index is -1.10. The molecule has 2 amide bonds. The minimum absolute atomic E-state index is 0.338. The van der Waals surface area contributed by atoms with Gasteiger partial charge in [0.25, 0.3) is 0 Å². The van der Waals surface area contributed by atoms with E-state index in [2.05, 4.69) is 5.32 Å². The number of hydrogen-bond donors (Lipinski definition) is 2. The number of rotatable bonds is 5. The van der Waals surface area contributed by atoms with Crippen molar-refractivity contribution >= 4 is 23.3 Å². The predicted molar refractivity (Wildman–Crippen MR) is 84.4 cm³/mol. The summed E-state index contributed by atoms with van der Waals surface area (Å²) in [5.41, 5.74) is -0.636. The quantitative estimate of drug-likeness (QED) is 0.878. The molecule has 0 aliphatic rings. The van der Waals surface area contributed by atoms with Crippen molar-refractivity contribution < 1.29 is 14.7 Å². The second-order valence-electron chi connectivity index (χ2n) is 5.69. The average molecular weight is 310 g/mol. The zero-order chi connectivity index (χ0) is 16.0. The van der Waals surface area contributed by atoms with Crippen molar-refractivity contribution in [3.05, 3.63) is 34.7 Å². The fraction of sp³-hybridized carbons (Fsp3) is 0.467. The van der Waals surface area contributed by atoms with Gasteiger partial charge in [-0.2, -0.15) is 0 Å². The van der Waals surface area contributed by atoms with Gasteiger partial charge in [-0.3, -0.25) is 9.69 Å². The fourth-order valence-electron chi connectivity index (χ4n) is 2.02. The maximum Gasteiger partial charge on any atom is 0.408 e. The lowest BCUT2D eigenvalue weighted by molar-refractivity contribution is -0.125. The standard InChI is InChI=1S/C15H22N2O3S/c1-11(17(14(19)20)15(2,3)4)13(18)16-9-5-7-12-8-6-10-21-12/h5-6,8-11H,7H2,1-4H3,(H,16,18)(H,19,20)/b9-5+/t11-/m1/s1. The normalized spacial score (nSPS) is 13.1. The highest BCUT2D eigenvalue weighted by atomic mass is 32.1. The molecule has 1 rings (SSSR count). The highest BCUT2D eigenvalue weighted by molar-refractivity contribution is 7.09. The Bertz CT molecular complexity index is 503. The van der Waals surface area contributed by atoms with Gasteiger partial charge in [0.1, 0.15) is 6.04 Å². The number of carbonyl (C=O) groups is 2. The molecule has 0 spiro atoms. The van der Waals surface area contributed by atoms with Crippen LogP contribution in [0.4, 0.5) is 4.79 Å². The molecule has 6 heteroatoms. The summed E-state index contributed by atoms with van der Waals surface area (Å²) in [5, 5.41) is 13.9. The van der Waals surface area contributed by atoms with E-state index in [4.69, 9.17) is 0 Å². The van der Waals surface area contributed by atoms with E-state index in [1.807, 2.05) is 23.6 Å². The summed E-state index contributed by atoms with van der Waals surface area (Å²) in [6.07, 6.45) is 3.06. The van der Waals surface area contributed by atoms with E-state index in [0.29, 0.717) is 0 Å². The van der Waals surface area contributed by atoms with Crippen LogP contribution in [0, 0.1) is 0 Å². The third kappa shape index (κ3) is 5.23. The lowest BCUT2D eigenvalue weighted by atomic mass is 10.0. The smallest absolute Gasteiger partial charge is 0.408 e. The first kappa shape index (κ1) is 17.2. The van der Waals surface area contributed by atoms with Gasteiger partial charge >= 0.3 is 6.09 Å². The van der Waals surface area contributed by atoms with Crippen molar-refractivity contribution in [3.8, 4) is 0 Å². The van der Waals surface area contributed by atoms with E-state index < -0.39 is 17.7 Å². The Morgan fingerprint density at radius 1 is 1.48 bits per heavy atom. The Morgan fingerprint density at radius 2 is 2.14 bits per heavy atom. The number of thiophene rings is 1. The summed E-state index contributed by atoms with van der Waals surface area (Å²) >= 11 is 1.65. The molecule has 0 unspecified atom stereocenters. The molecule has 116 valence electrons. The average Bonchev–Trinajstić information content (AvgIpc) is 2.85. The second-order valence-corrected chi connectivity index (χ2v) is 6.73. The highest BCUT2D eigenvalue weighted by Crippen LogP contribution is 2.17. The fourth-order valence-corrected chi connectivity index (χ4v) is 2.70. The predicted octanol–water partition coefficient (Wildman–Crippen LogP) is 3.09. The number of carbonyl (C=O) groups excluding carboxylic acids is 1. The van der Waals surface area contributed by atoms with Crippen LogP contribution in [0.1, 0.15) is 32.6 Å². The molecule has 2 N–H and O–H groups in total. The van der Waals surface area contributed by atoms with Crippen LogP contribution in [0.3, 0.4) is 0 Å². The van der Waals surface area contributed by atoms with Crippen molar-refractivity contribution in [2.24, 2.45) is 0 Å². The SMILES string of the molecule is C[C@H](C(=O)N/C=C/Cc1cccs1)N(C(=O)O)C(C)(C)C. The Morgan fingerprint density at radius 3 is 2.62 bits per heavy atom. The lowest BCUT2D eigenvalue weighted by Crippen LogP contribution is -2.54. The Balaban J connectivity index is 2.57. The number of hydrogen-bond acceptors (Lipinski definition) is 3. The van der Waals surface area contributed by atoms with Crippen LogP contribution in [0.2, 0.25) is 0 Å². The molecular formula is C15H22N2O3S. The Kier molecular flexibility index (Phi) is 5.96. The Hall–Kier alpha value is -1.82. The van der Waals surface area contributed by atoms with Gasteiger partial charge in [-0.15, -0.1) is 11.3 Å². The summed E-state index contributed by atoms with van der Waals surface area (Å²) in [4.78, 5) is 25.7. The summed E-state index contributed by atoms with van der Waals surface area (Å²) in [7, 11) is 0. The lowest BCUT2D eigenvalue weighted by Gasteiger charge is -2.36. The van der Waals surface area contributed by atoms with Crippen LogP contribution in [-0.2, 0) is 11.2 Å². The van der Waals surface area contributed by atoms with Crippen LogP contribution in [-0.4, -0.2) is 33.6 Å². The van der Waals surface area contributed by atoms with E-state index in [-0.39, 0.29) is 5.91 Å². The summed E-state index contributed by atoms with van der Waals surface area (Å²) < 4.78 is 0. The van der Waals surface area contributed by atoms with Crippen molar-refractivity contribution in [1.29, 1.82) is 0 Å². The van der Waals surface area contributed by atoms with Crippen molar-refractivity contribution in [3.63, 3.8) is 0 Å². The maximum absolute atomic E-state index is 12.0. The molecule has 5 nitrogen and oxygen atoms in total. The van der Waals surface area contributed by atoms with E-state index >= 15 is 0 Å². The van der Waals surface area contributed by atoms with E-state index in [0.717, 1.165) is 11.3 Å². The molecule has 0 saturated carbocycles. The number of allylic oxidation sites excluding steroid dienone is 1. The van der Waals surface area contributed by atoms with Gasteiger partial charge in [-0.05, 0) is 39.1 Å². The minimum Gasteiger partial charge on any atom is -0.465 e. The van der Waals surface area contributed by atoms with Crippen molar-refractivity contribution in [1.82, 2.24) is 10.2 Å². The van der Waals surface area contributed by atoms with Gasteiger partial charge in [0.05, 0.1) is 0 Å². The van der Waals surface area contributed by atoms with E-state index in [9.17, 15) is 14.7 Å². The first-order chi connectivity index (χ1) is 9.73. The highest BCUT2D eigenvalue weighted by Gasteiger charge is 2.34. The molecule has 1 heterocycles. The van der Waals surface area contributed by atoms with Crippen LogP contribution >= 0.6 is 11.3 Å². The molecule has 0 aromatic carbocycles. The molecule has 1 aromatic rings. The van der Waals surface area contributed by atoms with Crippen LogP contribution in [0.25, 0.3) is 0 Å².